The van der Waals surface area contributed by atoms with Gasteiger partial charge in [-0.05, 0) is 27.7 Å². The quantitative estimate of drug-likeness (QED) is 0.257. The Morgan fingerprint density at radius 2 is 2.15 bits per heavy atom. The number of rotatable bonds is 11. The van der Waals surface area contributed by atoms with Gasteiger partial charge >= 0.3 is 0 Å². The van der Waals surface area contributed by atoms with Gasteiger partial charge < -0.3 is 24.0 Å². The SMILES string of the molecule is CNc1ncnc2c1ncn2CC(C)OCP(NC(C)C=O)ON=C(C)C. The van der Waals surface area contributed by atoms with Crippen molar-refractivity contribution >= 4 is 37.3 Å². The number of carbonyl (C=O) groups excluding carboxylic acids is 1. The van der Waals surface area contributed by atoms with Crippen molar-refractivity contribution in [1.82, 2.24) is 24.6 Å². The molecule has 2 aromatic heterocycles. The van der Waals surface area contributed by atoms with Crippen LogP contribution in [0.3, 0.4) is 0 Å². The first-order chi connectivity index (χ1) is 12.9. The minimum absolute atomic E-state index is 0.121. The summed E-state index contributed by atoms with van der Waals surface area (Å²) < 4.78 is 13.3. The van der Waals surface area contributed by atoms with Crippen molar-refractivity contribution in [3.63, 3.8) is 0 Å². The molecule has 0 aliphatic rings. The molecule has 0 saturated carbocycles. The fourth-order valence-electron chi connectivity index (χ4n) is 2.19. The average molecular weight is 395 g/mol. The maximum atomic E-state index is 10.9. The molecule has 27 heavy (non-hydrogen) atoms. The van der Waals surface area contributed by atoms with Gasteiger partial charge in [0.25, 0.3) is 0 Å². The molecular weight excluding hydrogens is 369 g/mol. The summed E-state index contributed by atoms with van der Waals surface area (Å²) in [7, 11) is 0.566. The summed E-state index contributed by atoms with van der Waals surface area (Å²) in [6, 6.07) is -0.336. The number of nitrogens with one attached hydrogen (secondary N) is 2. The highest BCUT2D eigenvalue weighted by Gasteiger charge is 2.17. The van der Waals surface area contributed by atoms with E-state index in [1.54, 1.807) is 20.3 Å². The third-order valence-corrected chi connectivity index (χ3v) is 4.80. The molecular formula is C16H26N7O3P. The molecule has 2 heterocycles. The first-order valence-corrected chi connectivity index (χ1v) is 10.0. The molecule has 2 aromatic rings. The minimum atomic E-state index is -1.23. The lowest BCUT2D eigenvalue weighted by Crippen LogP contribution is -2.26. The Hall–Kier alpha value is -2.16. The van der Waals surface area contributed by atoms with Gasteiger partial charge in [0, 0.05) is 7.05 Å². The molecule has 0 aliphatic heterocycles. The number of anilines is 1. The van der Waals surface area contributed by atoms with E-state index in [-0.39, 0.29) is 12.1 Å². The molecule has 0 aromatic carbocycles. The number of aldehydes is 1. The van der Waals surface area contributed by atoms with Crippen molar-refractivity contribution in [2.45, 2.75) is 46.4 Å². The number of hydrogen-bond acceptors (Lipinski definition) is 9. The van der Waals surface area contributed by atoms with Gasteiger partial charge in [-0.15, -0.1) is 0 Å². The highest BCUT2D eigenvalue weighted by Crippen LogP contribution is 2.33. The van der Waals surface area contributed by atoms with E-state index in [0.717, 1.165) is 17.6 Å². The van der Waals surface area contributed by atoms with E-state index in [2.05, 4.69) is 30.5 Å². The van der Waals surface area contributed by atoms with Crippen molar-refractivity contribution in [3.05, 3.63) is 12.7 Å². The molecule has 0 aliphatic carbocycles. The van der Waals surface area contributed by atoms with Crippen LogP contribution < -0.4 is 10.4 Å². The van der Waals surface area contributed by atoms with E-state index >= 15 is 0 Å². The standard InChI is InChI=1S/C16H26N7O3P/c1-11(2)21-26-27(22-12(3)7-24)10-25-13(4)6-23-9-20-14-15(17-5)18-8-19-16(14)23/h7-9,12-13,22H,6,10H2,1-5H3,(H,17,18,19). The van der Waals surface area contributed by atoms with Crippen molar-refractivity contribution in [2.75, 3.05) is 18.7 Å². The number of oxime groups is 1. The third kappa shape index (κ3) is 6.20. The number of hydrogen-bond donors (Lipinski definition) is 2. The van der Waals surface area contributed by atoms with Crippen LogP contribution in [0.4, 0.5) is 5.82 Å². The predicted octanol–water partition coefficient (Wildman–Crippen LogP) is 2.13. The Kier molecular flexibility index (Phi) is 8.02. The van der Waals surface area contributed by atoms with Crippen molar-refractivity contribution < 1.29 is 14.2 Å². The number of aromatic nitrogens is 4. The van der Waals surface area contributed by atoms with Crippen LogP contribution in [-0.2, 0) is 20.7 Å². The Morgan fingerprint density at radius 1 is 1.37 bits per heavy atom. The van der Waals surface area contributed by atoms with Gasteiger partial charge in [-0.25, -0.2) is 15.0 Å². The first-order valence-electron chi connectivity index (χ1n) is 8.57. The summed E-state index contributed by atoms with van der Waals surface area (Å²) in [5.41, 5.74) is 2.25. The number of ether oxygens (including phenoxy) is 1. The van der Waals surface area contributed by atoms with E-state index in [4.69, 9.17) is 9.36 Å². The summed E-state index contributed by atoms with van der Waals surface area (Å²) in [5, 5.41) is 10.1. The lowest BCUT2D eigenvalue weighted by atomic mass is 10.4. The zero-order valence-corrected chi connectivity index (χ0v) is 17.1. The van der Waals surface area contributed by atoms with Gasteiger partial charge in [0.05, 0.1) is 30.7 Å². The van der Waals surface area contributed by atoms with Gasteiger partial charge in [0.1, 0.15) is 24.5 Å². The number of fused-ring (bicyclic) bond motifs is 1. The zero-order valence-electron chi connectivity index (χ0n) is 16.2. The van der Waals surface area contributed by atoms with Crippen LogP contribution in [0.15, 0.2) is 17.8 Å². The molecule has 2 rings (SSSR count). The molecule has 0 spiro atoms. The summed E-state index contributed by atoms with van der Waals surface area (Å²) in [4.78, 5) is 23.7. The minimum Gasteiger partial charge on any atom is -0.371 e. The maximum Gasteiger partial charge on any atom is 0.221 e. The van der Waals surface area contributed by atoms with E-state index in [9.17, 15) is 4.79 Å². The molecule has 10 nitrogen and oxygen atoms in total. The molecule has 0 fully saturated rings. The molecule has 0 bridgehead atoms. The molecule has 0 saturated heterocycles. The molecule has 148 valence electrons. The van der Waals surface area contributed by atoms with Gasteiger partial charge in [0.2, 0.25) is 8.30 Å². The van der Waals surface area contributed by atoms with Crippen LogP contribution in [0.2, 0.25) is 0 Å². The highest BCUT2D eigenvalue weighted by molar-refractivity contribution is 7.50. The Bertz CT molecular complexity index is 778. The fourth-order valence-corrected chi connectivity index (χ4v) is 3.53. The zero-order chi connectivity index (χ0) is 19.8. The topological polar surface area (TPSA) is 116 Å². The normalized spacial score (nSPS) is 14.4. The summed E-state index contributed by atoms with van der Waals surface area (Å²) >= 11 is 0. The summed E-state index contributed by atoms with van der Waals surface area (Å²) in [6.07, 6.45) is 4.22. The van der Waals surface area contributed by atoms with Crippen molar-refractivity contribution in [2.24, 2.45) is 5.16 Å². The van der Waals surface area contributed by atoms with Crippen LogP contribution in [-0.4, -0.2) is 57.1 Å². The van der Waals surface area contributed by atoms with Gasteiger partial charge in [-0.3, -0.25) is 5.09 Å². The van der Waals surface area contributed by atoms with Crippen LogP contribution >= 0.6 is 8.30 Å². The number of carbonyl (C=O) groups is 1. The van der Waals surface area contributed by atoms with E-state index in [1.165, 1.54) is 6.33 Å². The second-order valence-corrected chi connectivity index (χ2v) is 7.64. The van der Waals surface area contributed by atoms with Gasteiger partial charge in [0.15, 0.2) is 11.5 Å². The maximum absolute atomic E-state index is 10.9. The molecule has 0 radical (unpaired) electrons. The second kappa shape index (κ2) is 10.2. The van der Waals surface area contributed by atoms with Crippen LogP contribution in [0, 0.1) is 0 Å². The summed E-state index contributed by atoms with van der Waals surface area (Å²) in [5.74, 6) is 0.684. The monoisotopic (exact) mass is 395 g/mol. The van der Waals surface area contributed by atoms with Crippen molar-refractivity contribution in [3.8, 4) is 0 Å². The Labute approximate surface area is 159 Å². The van der Waals surface area contributed by atoms with Crippen LogP contribution in [0.5, 0.6) is 0 Å². The first kappa shape index (κ1) is 21.1. The Balaban J connectivity index is 1.98. The Morgan fingerprint density at radius 3 is 2.81 bits per heavy atom. The second-order valence-electron chi connectivity index (χ2n) is 6.20. The lowest BCUT2D eigenvalue weighted by Gasteiger charge is -2.20. The third-order valence-electron chi connectivity index (χ3n) is 3.44. The molecule has 0 amide bonds. The van der Waals surface area contributed by atoms with Gasteiger partial charge in [-0.2, -0.15) is 0 Å². The number of imidazole rings is 1. The highest BCUT2D eigenvalue weighted by atomic mass is 31.2. The summed E-state index contributed by atoms with van der Waals surface area (Å²) in [6.45, 7) is 7.96. The number of nitrogens with zero attached hydrogens (tertiary/aromatic N) is 5. The smallest absolute Gasteiger partial charge is 0.221 e. The van der Waals surface area contributed by atoms with Crippen LogP contribution in [0.25, 0.3) is 11.2 Å². The molecule has 3 atom stereocenters. The van der Waals surface area contributed by atoms with Crippen LogP contribution in [0.1, 0.15) is 27.7 Å². The van der Waals surface area contributed by atoms with E-state index < -0.39 is 8.30 Å². The lowest BCUT2D eigenvalue weighted by molar-refractivity contribution is -0.108. The molecule has 11 heteroatoms. The molecule has 2 N–H and O–H groups in total. The van der Waals surface area contributed by atoms with Gasteiger partial charge in [-0.1, -0.05) is 5.16 Å². The largest absolute Gasteiger partial charge is 0.371 e. The predicted molar refractivity (Wildman–Crippen MR) is 106 cm³/mol. The average Bonchev–Trinajstić information content (AvgIpc) is 3.06. The molecule has 3 unspecified atom stereocenters. The van der Waals surface area contributed by atoms with E-state index in [0.29, 0.717) is 24.2 Å². The fraction of sp³-hybridized carbons (Fsp3) is 0.562. The van der Waals surface area contributed by atoms with E-state index in [1.807, 2.05) is 25.3 Å². The van der Waals surface area contributed by atoms with Crippen molar-refractivity contribution in [1.29, 1.82) is 0 Å².